The molecule has 0 radical (unpaired) electrons. The van der Waals surface area contributed by atoms with Gasteiger partial charge in [0.05, 0.1) is 18.7 Å². The fraction of sp³-hybridized carbons (Fsp3) is 0.600. The highest BCUT2D eigenvalue weighted by molar-refractivity contribution is 6.30. The minimum absolute atomic E-state index is 0.298. The fourth-order valence-corrected chi connectivity index (χ4v) is 1.62. The van der Waals surface area contributed by atoms with Gasteiger partial charge in [-0.05, 0) is 5.92 Å². The number of carbonyl (C=O) groups is 1. The Morgan fingerprint density at radius 3 is 2.60 bits per heavy atom. The molecule has 0 amide bonds. The first kappa shape index (κ1) is 12.0. The third-order valence-corrected chi connectivity index (χ3v) is 2.70. The highest BCUT2D eigenvalue weighted by Crippen LogP contribution is 2.24. The smallest absolute Gasteiger partial charge is 0.308 e. The number of rotatable bonds is 4. The second kappa shape index (κ2) is 4.66. The van der Waals surface area contributed by atoms with Crippen molar-refractivity contribution in [1.29, 1.82) is 0 Å². The van der Waals surface area contributed by atoms with Gasteiger partial charge in [0.15, 0.2) is 0 Å². The van der Waals surface area contributed by atoms with Gasteiger partial charge in [-0.2, -0.15) is 5.10 Å². The Balaban J connectivity index is 2.83. The third-order valence-electron chi connectivity index (χ3n) is 2.29. The highest BCUT2D eigenvalue weighted by atomic mass is 35.5. The van der Waals surface area contributed by atoms with E-state index < -0.39 is 11.9 Å². The Morgan fingerprint density at radius 1 is 1.60 bits per heavy atom. The van der Waals surface area contributed by atoms with Crippen molar-refractivity contribution in [2.24, 2.45) is 5.92 Å². The van der Waals surface area contributed by atoms with Gasteiger partial charge >= 0.3 is 5.97 Å². The Bertz CT molecular complexity index is 360. The summed E-state index contributed by atoms with van der Waals surface area (Å²) in [5.41, 5.74) is 0.953. The van der Waals surface area contributed by atoms with E-state index in [1.165, 1.54) is 4.68 Å². The SMILES string of the molecule is CC(Cn1ncc(C(C)C)c1Cl)C(=O)O. The van der Waals surface area contributed by atoms with Crippen LogP contribution in [-0.2, 0) is 11.3 Å². The lowest BCUT2D eigenvalue weighted by molar-refractivity contribution is -0.141. The predicted octanol–water partition coefficient (Wildman–Crippen LogP) is 2.38. The van der Waals surface area contributed by atoms with Crippen LogP contribution in [0.25, 0.3) is 0 Å². The van der Waals surface area contributed by atoms with E-state index in [0.717, 1.165) is 5.56 Å². The van der Waals surface area contributed by atoms with Gasteiger partial charge in [-0.3, -0.25) is 9.48 Å². The summed E-state index contributed by atoms with van der Waals surface area (Å²) in [6, 6.07) is 0. The van der Waals surface area contributed by atoms with Gasteiger partial charge in [0, 0.05) is 5.56 Å². The lowest BCUT2D eigenvalue weighted by Crippen LogP contribution is -2.17. The van der Waals surface area contributed by atoms with Crippen molar-refractivity contribution in [2.45, 2.75) is 33.2 Å². The minimum atomic E-state index is -0.840. The van der Waals surface area contributed by atoms with E-state index in [1.54, 1.807) is 13.1 Å². The van der Waals surface area contributed by atoms with Crippen LogP contribution in [0.4, 0.5) is 0 Å². The van der Waals surface area contributed by atoms with Crippen LogP contribution in [0.1, 0.15) is 32.3 Å². The zero-order chi connectivity index (χ0) is 11.6. The largest absolute Gasteiger partial charge is 0.481 e. The van der Waals surface area contributed by atoms with Gasteiger partial charge in [-0.1, -0.05) is 32.4 Å². The van der Waals surface area contributed by atoms with Crippen LogP contribution in [0, 0.1) is 5.92 Å². The molecule has 0 saturated heterocycles. The van der Waals surface area contributed by atoms with Crippen LogP contribution in [-0.4, -0.2) is 20.9 Å². The van der Waals surface area contributed by atoms with Crippen molar-refractivity contribution >= 4 is 17.6 Å². The average Bonchev–Trinajstić information content (AvgIpc) is 2.48. The van der Waals surface area contributed by atoms with Gasteiger partial charge in [0.1, 0.15) is 5.15 Å². The normalized spacial score (nSPS) is 13.1. The zero-order valence-corrected chi connectivity index (χ0v) is 9.82. The van der Waals surface area contributed by atoms with E-state index in [1.807, 2.05) is 13.8 Å². The maximum absolute atomic E-state index is 10.7. The molecule has 0 bridgehead atoms. The molecule has 0 spiro atoms. The Kier molecular flexibility index (Phi) is 3.74. The molecule has 0 aliphatic carbocycles. The second-order valence-electron chi connectivity index (χ2n) is 3.97. The first-order chi connectivity index (χ1) is 6.93. The van der Waals surface area contributed by atoms with E-state index in [0.29, 0.717) is 17.6 Å². The maximum Gasteiger partial charge on any atom is 0.308 e. The van der Waals surface area contributed by atoms with Gasteiger partial charge in [-0.15, -0.1) is 0 Å². The number of carboxylic acids is 1. The third kappa shape index (κ3) is 2.72. The molecule has 0 fully saturated rings. The van der Waals surface area contributed by atoms with Crippen molar-refractivity contribution in [3.63, 3.8) is 0 Å². The van der Waals surface area contributed by atoms with Gasteiger partial charge < -0.3 is 5.11 Å². The van der Waals surface area contributed by atoms with Gasteiger partial charge in [0.2, 0.25) is 0 Å². The van der Waals surface area contributed by atoms with E-state index in [2.05, 4.69) is 5.10 Å². The molecule has 1 aromatic rings. The average molecular weight is 231 g/mol. The van der Waals surface area contributed by atoms with E-state index in [9.17, 15) is 4.79 Å². The van der Waals surface area contributed by atoms with Crippen LogP contribution in [0.5, 0.6) is 0 Å². The van der Waals surface area contributed by atoms with Gasteiger partial charge in [-0.25, -0.2) is 0 Å². The monoisotopic (exact) mass is 230 g/mol. The Hall–Kier alpha value is -1.03. The van der Waals surface area contributed by atoms with Crippen molar-refractivity contribution in [2.75, 3.05) is 0 Å². The van der Waals surface area contributed by atoms with Crippen molar-refractivity contribution in [3.05, 3.63) is 16.9 Å². The molecule has 1 N–H and O–H groups in total. The molecule has 1 aromatic heterocycles. The molecule has 84 valence electrons. The lowest BCUT2D eigenvalue weighted by atomic mass is 10.1. The number of aliphatic carboxylic acids is 1. The standard InChI is InChI=1S/C10H15ClN2O2/c1-6(2)8-4-12-13(9(8)11)5-7(3)10(14)15/h4,6-7H,5H2,1-3H3,(H,14,15). The summed E-state index contributed by atoms with van der Waals surface area (Å²) in [6.07, 6.45) is 1.70. The molecule has 0 aromatic carbocycles. The Labute approximate surface area is 93.9 Å². The number of nitrogens with zero attached hydrogens (tertiary/aromatic N) is 2. The predicted molar refractivity (Wildman–Crippen MR) is 58.1 cm³/mol. The molecule has 1 rings (SSSR count). The number of aromatic nitrogens is 2. The summed E-state index contributed by atoms with van der Waals surface area (Å²) >= 11 is 6.08. The van der Waals surface area contributed by atoms with Crippen molar-refractivity contribution in [1.82, 2.24) is 9.78 Å². The summed E-state index contributed by atoms with van der Waals surface area (Å²) in [5, 5.41) is 13.4. The van der Waals surface area contributed by atoms with Crippen LogP contribution >= 0.6 is 11.6 Å². The zero-order valence-electron chi connectivity index (χ0n) is 9.07. The number of halogens is 1. The summed E-state index contributed by atoms with van der Waals surface area (Å²) in [7, 11) is 0. The van der Waals surface area contributed by atoms with Gasteiger partial charge in [0.25, 0.3) is 0 Å². The lowest BCUT2D eigenvalue weighted by Gasteiger charge is -2.08. The van der Waals surface area contributed by atoms with Crippen molar-refractivity contribution < 1.29 is 9.90 Å². The van der Waals surface area contributed by atoms with E-state index in [-0.39, 0.29) is 0 Å². The molecular weight excluding hydrogens is 216 g/mol. The van der Waals surface area contributed by atoms with Crippen LogP contribution in [0.2, 0.25) is 5.15 Å². The highest BCUT2D eigenvalue weighted by Gasteiger charge is 2.16. The van der Waals surface area contributed by atoms with Crippen LogP contribution < -0.4 is 0 Å². The molecule has 4 nitrogen and oxygen atoms in total. The molecule has 15 heavy (non-hydrogen) atoms. The molecule has 0 aliphatic heterocycles. The topological polar surface area (TPSA) is 55.1 Å². The summed E-state index contributed by atoms with van der Waals surface area (Å²) < 4.78 is 1.54. The first-order valence-electron chi connectivity index (χ1n) is 4.87. The molecule has 1 atom stereocenters. The van der Waals surface area contributed by atoms with Crippen LogP contribution in [0.3, 0.4) is 0 Å². The first-order valence-corrected chi connectivity index (χ1v) is 5.25. The van der Waals surface area contributed by atoms with Crippen molar-refractivity contribution in [3.8, 4) is 0 Å². The Morgan fingerprint density at radius 2 is 2.20 bits per heavy atom. The molecular formula is C10H15ClN2O2. The molecule has 5 heteroatoms. The van der Waals surface area contributed by atoms with E-state index >= 15 is 0 Å². The van der Waals surface area contributed by atoms with Crippen LogP contribution in [0.15, 0.2) is 6.20 Å². The molecule has 1 heterocycles. The van der Waals surface area contributed by atoms with E-state index in [4.69, 9.17) is 16.7 Å². The fourth-order valence-electron chi connectivity index (χ4n) is 1.24. The summed E-state index contributed by atoms with van der Waals surface area (Å²) in [5.74, 6) is -1.03. The second-order valence-corrected chi connectivity index (χ2v) is 4.32. The molecule has 0 saturated carbocycles. The molecule has 1 unspecified atom stereocenters. The molecule has 0 aliphatic rings. The number of hydrogen-bond acceptors (Lipinski definition) is 2. The number of carboxylic acid groups (broad SMARTS) is 1. The quantitative estimate of drug-likeness (QED) is 0.864. The minimum Gasteiger partial charge on any atom is -0.481 e. The maximum atomic E-state index is 10.7. The number of hydrogen-bond donors (Lipinski definition) is 1. The summed E-state index contributed by atoms with van der Waals surface area (Å²) in [4.78, 5) is 10.7. The summed E-state index contributed by atoms with van der Waals surface area (Å²) in [6.45, 7) is 5.98.